The van der Waals surface area contributed by atoms with Gasteiger partial charge in [0, 0.05) is 0 Å². The van der Waals surface area contributed by atoms with Crippen LogP contribution in [0.15, 0.2) is 18.2 Å². The van der Waals surface area contributed by atoms with Crippen LogP contribution >= 0.6 is 0 Å². The summed E-state index contributed by atoms with van der Waals surface area (Å²) in [6.45, 7) is 8.12. The molecule has 0 aliphatic carbocycles. The SMILES string of the molecule is CCCC(C)(O)c1cc(C)cc(C)c1. The van der Waals surface area contributed by atoms with Crippen LogP contribution in [-0.2, 0) is 5.60 Å². The maximum absolute atomic E-state index is 10.2. The summed E-state index contributed by atoms with van der Waals surface area (Å²) in [6.07, 6.45) is 1.82. The zero-order valence-corrected chi connectivity index (χ0v) is 9.59. The molecule has 0 heterocycles. The lowest BCUT2D eigenvalue weighted by Gasteiger charge is -2.24. The fraction of sp³-hybridized carbons (Fsp3) is 0.538. The summed E-state index contributed by atoms with van der Waals surface area (Å²) >= 11 is 0. The standard InChI is InChI=1S/C13H20O/c1-5-6-13(4,14)12-8-10(2)7-11(3)9-12/h7-9,14H,5-6H2,1-4H3. The van der Waals surface area contributed by atoms with Gasteiger partial charge in [0.25, 0.3) is 0 Å². The summed E-state index contributed by atoms with van der Waals surface area (Å²) in [6, 6.07) is 6.27. The molecule has 0 saturated heterocycles. The Morgan fingerprint density at radius 1 is 1.14 bits per heavy atom. The first kappa shape index (κ1) is 11.3. The summed E-state index contributed by atoms with van der Waals surface area (Å²) in [5.41, 5.74) is 2.80. The van der Waals surface area contributed by atoms with E-state index < -0.39 is 5.60 Å². The second-order valence-corrected chi connectivity index (χ2v) is 4.40. The summed E-state index contributed by atoms with van der Waals surface area (Å²) in [5.74, 6) is 0. The number of rotatable bonds is 3. The van der Waals surface area contributed by atoms with Crippen LogP contribution in [0, 0.1) is 13.8 Å². The second kappa shape index (κ2) is 4.14. The van der Waals surface area contributed by atoms with E-state index >= 15 is 0 Å². The topological polar surface area (TPSA) is 20.2 Å². The Balaban J connectivity index is 3.05. The average Bonchev–Trinajstić information content (AvgIpc) is 2.02. The minimum Gasteiger partial charge on any atom is -0.385 e. The molecule has 0 fully saturated rings. The molecule has 0 spiro atoms. The molecule has 0 aliphatic rings. The molecular formula is C13H20O. The molecule has 1 unspecified atom stereocenters. The molecular weight excluding hydrogens is 172 g/mol. The molecule has 0 aromatic heterocycles. The predicted octanol–water partition coefficient (Wildman–Crippen LogP) is 3.31. The minimum absolute atomic E-state index is 0.675. The van der Waals surface area contributed by atoms with Gasteiger partial charge in [-0.3, -0.25) is 0 Å². The van der Waals surface area contributed by atoms with E-state index in [1.165, 1.54) is 11.1 Å². The lowest BCUT2D eigenvalue weighted by atomic mass is 9.89. The first-order valence-corrected chi connectivity index (χ1v) is 5.27. The highest BCUT2D eigenvalue weighted by molar-refractivity contribution is 5.32. The molecule has 0 amide bonds. The predicted molar refractivity (Wildman–Crippen MR) is 60.4 cm³/mol. The maximum Gasteiger partial charge on any atom is 0.0868 e. The number of benzene rings is 1. The highest BCUT2D eigenvalue weighted by Gasteiger charge is 2.21. The van der Waals surface area contributed by atoms with Crippen LogP contribution in [0.1, 0.15) is 43.4 Å². The van der Waals surface area contributed by atoms with Crippen molar-refractivity contribution in [3.8, 4) is 0 Å². The number of hydrogen-bond donors (Lipinski definition) is 1. The van der Waals surface area contributed by atoms with E-state index in [2.05, 4.69) is 39.0 Å². The Bertz CT molecular complexity index is 293. The van der Waals surface area contributed by atoms with Gasteiger partial charge in [0.1, 0.15) is 0 Å². The highest BCUT2D eigenvalue weighted by Crippen LogP contribution is 2.27. The van der Waals surface area contributed by atoms with Gasteiger partial charge in [-0.2, -0.15) is 0 Å². The van der Waals surface area contributed by atoms with E-state index in [9.17, 15) is 5.11 Å². The Labute approximate surface area is 86.8 Å². The third kappa shape index (κ3) is 2.58. The summed E-state index contributed by atoms with van der Waals surface area (Å²) in [7, 11) is 0. The smallest absolute Gasteiger partial charge is 0.0868 e. The van der Waals surface area contributed by atoms with Crippen molar-refractivity contribution >= 4 is 0 Å². The molecule has 0 aliphatic heterocycles. The lowest BCUT2D eigenvalue weighted by Crippen LogP contribution is -2.20. The zero-order valence-electron chi connectivity index (χ0n) is 9.59. The van der Waals surface area contributed by atoms with Crippen LogP contribution in [0.25, 0.3) is 0 Å². The highest BCUT2D eigenvalue weighted by atomic mass is 16.3. The molecule has 1 atom stereocenters. The van der Waals surface area contributed by atoms with Crippen molar-refractivity contribution in [1.29, 1.82) is 0 Å². The first-order chi connectivity index (χ1) is 6.45. The zero-order chi connectivity index (χ0) is 10.8. The van der Waals surface area contributed by atoms with Gasteiger partial charge in [-0.25, -0.2) is 0 Å². The third-order valence-electron chi connectivity index (χ3n) is 2.58. The third-order valence-corrected chi connectivity index (χ3v) is 2.58. The molecule has 1 aromatic rings. The Morgan fingerprint density at radius 3 is 2.07 bits per heavy atom. The number of aryl methyl sites for hydroxylation is 2. The Hall–Kier alpha value is -0.820. The van der Waals surface area contributed by atoms with Gasteiger partial charge in [0.15, 0.2) is 0 Å². The van der Waals surface area contributed by atoms with Gasteiger partial charge >= 0.3 is 0 Å². The van der Waals surface area contributed by atoms with Gasteiger partial charge in [-0.1, -0.05) is 42.7 Å². The fourth-order valence-electron chi connectivity index (χ4n) is 1.92. The van der Waals surface area contributed by atoms with Crippen LogP contribution in [0.4, 0.5) is 0 Å². The molecule has 1 aromatic carbocycles. The number of hydrogen-bond acceptors (Lipinski definition) is 1. The van der Waals surface area contributed by atoms with Crippen molar-refractivity contribution < 1.29 is 5.11 Å². The number of aliphatic hydroxyl groups is 1. The Kier molecular flexibility index (Phi) is 3.33. The Morgan fingerprint density at radius 2 is 1.64 bits per heavy atom. The molecule has 1 N–H and O–H groups in total. The van der Waals surface area contributed by atoms with Gasteiger partial charge in [-0.15, -0.1) is 0 Å². The summed E-state index contributed by atoms with van der Waals surface area (Å²) in [4.78, 5) is 0. The minimum atomic E-state index is -0.675. The molecule has 1 heteroatoms. The van der Waals surface area contributed by atoms with E-state index in [1.807, 2.05) is 6.92 Å². The van der Waals surface area contributed by atoms with Crippen LogP contribution in [0.5, 0.6) is 0 Å². The van der Waals surface area contributed by atoms with Crippen molar-refractivity contribution in [1.82, 2.24) is 0 Å². The molecule has 0 bridgehead atoms. The van der Waals surface area contributed by atoms with Crippen molar-refractivity contribution in [3.63, 3.8) is 0 Å². The lowest BCUT2D eigenvalue weighted by molar-refractivity contribution is 0.0468. The van der Waals surface area contributed by atoms with Crippen molar-refractivity contribution in [2.75, 3.05) is 0 Å². The van der Waals surface area contributed by atoms with E-state index in [0.29, 0.717) is 0 Å². The van der Waals surface area contributed by atoms with Crippen molar-refractivity contribution in [2.45, 2.75) is 46.1 Å². The monoisotopic (exact) mass is 192 g/mol. The fourth-order valence-corrected chi connectivity index (χ4v) is 1.92. The van der Waals surface area contributed by atoms with Crippen LogP contribution in [-0.4, -0.2) is 5.11 Å². The van der Waals surface area contributed by atoms with Crippen LogP contribution < -0.4 is 0 Å². The largest absolute Gasteiger partial charge is 0.385 e. The van der Waals surface area contributed by atoms with Gasteiger partial charge in [-0.05, 0) is 32.8 Å². The summed E-state index contributed by atoms with van der Waals surface area (Å²) < 4.78 is 0. The van der Waals surface area contributed by atoms with Gasteiger partial charge in [0.05, 0.1) is 5.60 Å². The van der Waals surface area contributed by atoms with E-state index in [-0.39, 0.29) is 0 Å². The van der Waals surface area contributed by atoms with E-state index in [1.54, 1.807) is 0 Å². The maximum atomic E-state index is 10.2. The van der Waals surface area contributed by atoms with Gasteiger partial charge < -0.3 is 5.11 Å². The van der Waals surface area contributed by atoms with Crippen molar-refractivity contribution in [2.24, 2.45) is 0 Å². The first-order valence-electron chi connectivity index (χ1n) is 5.27. The normalized spacial score (nSPS) is 15.2. The molecule has 14 heavy (non-hydrogen) atoms. The molecule has 0 radical (unpaired) electrons. The summed E-state index contributed by atoms with van der Waals surface area (Å²) in [5, 5.41) is 10.2. The molecule has 1 nitrogen and oxygen atoms in total. The van der Waals surface area contributed by atoms with E-state index in [0.717, 1.165) is 18.4 Å². The van der Waals surface area contributed by atoms with Crippen LogP contribution in [0.2, 0.25) is 0 Å². The van der Waals surface area contributed by atoms with Crippen LogP contribution in [0.3, 0.4) is 0 Å². The quantitative estimate of drug-likeness (QED) is 0.779. The van der Waals surface area contributed by atoms with E-state index in [4.69, 9.17) is 0 Å². The van der Waals surface area contributed by atoms with Crippen molar-refractivity contribution in [3.05, 3.63) is 34.9 Å². The molecule has 78 valence electrons. The molecule has 1 rings (SSSR count). The van der Waals surface area contributed by atoms with Gasteiger partial charge in [0.2, 0.25) is 0 Å². The second-order valence-electron chi connectivity index (χ2n) is 4.40. The average molecular weight is 192 g/mol. The molecule has 0 saturated carbocycles.